The maximum Gasteiger partial charge on any atom is 0.0885 e. The van der Waals surface area contributed by atoms with E-state index in [0.717, 1.165) is 25.2 Å². The molecule has 4 heteroatoms. The Balaban J connectivity index is 2.32. The van der Waals surface area contributed by atoms with Gasteiger partial charge in [-0.15, -0.1) is 5.10 Å². The summed E-state index contributed by atoms with van der Waals surface area (Å²) in [6.07, 6.45) is 2.96. The van der Waals surface area contributed by atoms with E-state index in [1.165, 1.54) is 16.7 Å². The molecule has 0 bridgehead atoms. The molecule has 0 fully saturated rings. The first-order valence-electron chi connectivity index (χ1n) is 6.37. The number of rotatable bonds is 5. The van der Waals surface area contributed by atoms with Gasteiger partial charge in [-0.05, 0) is 31.5 Å². The first kappa shape index (κ1) is 12.8. The second-order valence-corrected chi connectivity index (χ2v) is 4.58. The van der Waals surface area contributed by atoms with E-state index in [-0.39, 0.29) is 0 Å². The lowest BCUT2D eigenvalue weighted by atomic mass is 10.0. The number of aromatic nitrogens is 3. The number of nitrogens with one attached hydrogen (secondary N) is 1. The van der Waals surface area contributed by atoms with Gasteiger partial charge in [0.15, 0.2) is 0 Å². The van der Waals surface area contributed by atoms with Gasteiger partial charge in [-0.3, -0.25) is 0 Å². The molecule has 0 radical (unpaired) electrons. The van der Waals surface area contributed by atoms with Crippen LogP contribution >= 0.6 is 0 Å². The molecule has 0 amide bonds. The molecular weight excluding hydrogens is 224 g/mol. The lowest BCUT2D eigenvalue weighted by molar-refractivity contribution is 0.674. The van der Waals surface area contributed by atoms with E-state index in [4.69, 9.17) is 0 Å². The molecule has 4 nitrogen and oxygen atoms in total. The predicted octanol–water partition coefficient (Wildman–Crippen LogP) is 2.29. The molecule has 18 heavy (non-hydrogen) atoms. The van der Waals surface area contributed by atoms with Crippen molar-refractivity contribution >= 4 is 0 Å². The summed E-state index contributed by atoms with van der Waals surface area (Å²) in [4.78, 5) is 0. The SMILES string of the molecule is CCCNCc1ccc(C)cc1-c1cnnn1C. The van der Waals surface area contributed by atoms with Crippen molar-refractivity contribution in [1.82, 2.24) is 20.3 Å². The third-order valence-electron chi connectivity index (χ3n) is 3.00. The molecule has 0 atom stereocenters. The summed E-state index contributed by atoms with van der Waals surface area (Å²) in [5.41, 5.74) is 4.82. The van der Waals surface area contributed by atoms with Crippen molar-refractivity contribution in [2.45, 2.75) is 26.8 Å². The fourth-order valence-electron chi connectivity index (χ4n) is 2.02. The van der Waals surface area contributed by atoms with Crippen LogP contribution in [0.25, 0.3) is 11.3 Å². The van der Waals surface area contributed by atoms with E-state index in [1.54, 1.807) is 0 Å². The molecule has 0 aliphatic heterocycles. The topological polar surface area (TPSA) is 42.7 Å². The maximum absolute atomic E-state index is 4.01. The molecule has 0 spiro atoms. The molecule has 96 valence electrons. The van der Waals surface area contributed by atoms with Gasteiger partial charge in [-0.1, -0.05) is 29.8 Å². The van der Waals surface area contributed by atoms with Crippen molar-refractivity contribution in [3.8, 4) is 11.3 Å². The van der Waals surface area contributed by atoms with Gasteiger partial charge in [-0.25, -0.2) is 4.68 Å². The third kappa shape index (κ3) is 2.76. The zero-order chi connectivity index (χ0) is 13.0. The molecule has 2 aromatic rings. The van der Waals surface area contributed by atoms with Crippen LogP contribution in [0.2, 0.25) is 0 Å². The highest BCUT2D eigenvalue weighted by atomic mass is 15.4. The molecule has 2 rings (SSSR count). The zero-order valence-electron chi connectivity index (χ0n) is 11.3. The van der Waals surface area contributed by atoms with Gasteiger partial charge in [0.2, 0.25) is 0 Å². The Bertz CT molecular complexity index is 516. The van der Waals surface area contributed by atoms with Gasteiger partial charge in [0, 0.05) is 19.2 Å². The molecule has 1 heterocycles. The molecule has 1 aromatic heterocycles. The van der Waals surface area contributed by atoms with Crippen molar-refractivity contribution in [3.63, 3.8) is 0 Å². The Labute approximate surface area is 108 Å². The quantitative estimate of drug-likeness (QED) is 0.821. The summed E-state index contributed by atoms with van der Waals surface area (Å²) in [6.45, 7) is 6.20. The number of hydrogen-bond donors (Lipinski definition) is 1. The number of hydrogen-bond acceptors (Lipinski definition) is 3. The van der Waals surface area contributed by atoms with Crippen molar-refractivity contribution in [2.75, 3.05) is 6.54 Å². The van der Waals surface area contributed by atoms with E-state index in [2.05, 4.69) is 47.7 Å². The normalized spacial score (nSPS) is 10.8. The van der Waals surface area contributed by atoms with Gasteiger partial charge in [0.1, 0.15) is 0 Å². The van der Waals surface area contributed by atoms with E-state index in [9.17, 15) is 0 Å². The largest absolute Gasteiger partial charge is 0.313 e. The number of nitrogens with zero attached hydrogens (tertiary/aromatic N) is 3. The van der Waals surface area contributed by atoms with Crippen LogP contribution in [0.15, 0.2) is 24.4 Å². The van der Waals surface area contributed by atoms with Crippen LogP contribution < -0.4 is 5.32 Å². The molecule has 0 unspecified atom stereocenters. The Hall–Kier alpha value is -1.68. The Morgan fingerprint density at radius 3 is 2.83 bits per heavy atom. The fourth-order valence-corrected chi connectivity index (χ4v) is 2.02. The van der Waals surface area contributed by atoms with Crippen LogP contribution in [0.4, 0.5) is 0 Å². The van der Waals surface area contributed by atoms with Gasteiger partial charge in [0.05, 0.1) is 11.9 Å². The van der Waals surface area contributed by atoms with Crippen molar-refractivity contribution in [1.29, 1.82) is 0 Å². The lowest BCUT2D eigenvalue weighted by Gasteiger charge is -2.11. The summed E-state index contributed by atoms with van der Waals surface area (Å²) in [5.74, 6) is 0. The van der Waals surface area contributed by atoms with Crippen LogP contribution in [-0.2, 0) is 13.6 Å². The van der Waals surface area contributed by atoms with Crippen molar-refractivity contribution in [3.05, 3.63) is 35.5 Å². The summed E-state index contributed by atoms with van der Waals surface area (Å²) in [7, 11) is 1.92. The van der Waals surface area contributed by atoms with Crippen LogP contribution in [0, 0.1) is 6.92 Å². The van der Waals surface area contributed by atoms with Gasteiger partial charge < -0.3 is 5.32 Å². The van der Waals surface area contributed by atoms with Crippen LogP contribution in [0.1, 0.15) is 24.5 Å². The molecule has 0 aliphatic rings. The molecule has 0 aliphatic carbocycles. The fraction of sp³-hybridized carbons (Fsp3) is 0.429. The average Bonchev–Trinajstić information content (AvgIpc) is 2.77. The van der Waals surface area contributed by atoms with Crippen molar-refractivity contribution in [2.24, 2.45) is 7.05 Å². The summed E-state index contributed by atoms with van der Waals surface area (Å²) in [6, 6.07) is 6.53. The minimum atomic E-state index is 0.884. The van der Waals surface area contributed by atoms with Gasteiger partial charge >= 0.3 is 0 Å². The Morgan fingerprint density at radius 1 is 1.33 bits per heavy atom. The monoisotopic (exact) mass is 244 g/mol. The first-order valence-corrected chi connectivity index (χ1v) is 6.37. The highest BCUT2D eigenvalue weighted by Gasteiger charge is 2.09. The summed E-state index contributed by atoms with van der Waals surface area (Å²) >= 11 is 0. The van der Waals surface area contributed by atoms with E-state index in [0.29, 0.717) is 0 Å². The van der Waals surface area contributed by atoms with Crippen molar-refractivity contribution < 1.29 is 0 Å². The standard InChI is InChI=1S/C14H20N4/c1-4-7-15-9-12-6-5-11(2)8-13(12)14-10-16-17-18(14)3/h5-6,8,10,15H,4,7,9H2,1-3H3. The summed E-state index contributed by atoms with van der Waals surface area (Å²) < 4.78 is 1.82. The number of aryl methyl sites for hydroxylation is 2. The second kappa shape index (κ2) is 5.78. The van der Waals surface area contributed by atoms with Gasteiger partial charge in [-0.2, -0.15) is 0 Å². The Morgan fingerprint density at radius 2 is 2.17 bits per heavy atom. The summed E-state index contributed by atoms with van der Waals surface area (Å²) in [5, 5.41) is 11.4. The molecular formula is C14H20N4. The predicted molar refractivity (Wildman–Crippen MR) is 73.2 cm³/mol. The van der Waals surface area contributed by atoms with Crippen LogP contribution in [-0.4, -0.2) is 21.5 Å². The highest BCUT2D eigenvalue weighted by molar-refractivity contribution is 5.64. The number of benzene rings is 1. The van der Waals surface area contributed by atoms with Gasteiger partial charge in [0.25, 0.3) is 0 Å². The lowest BCUT2D eigenvalue weighted by Crippen LogP contribution is -2.14. The molecule has 1 N–H and O–H groups in total. The zero-order valence-corrected chi connectivity index (χ0v) is 11.3. The van der Waals surface area contributed by atoms with Crippen LogP contribution in [0.3, 0.4) is 0 Å². The smallest absolute Gasteiger partial charge is 0.0885 e. The van der Waals surface area contributed by atoms with Crippen LogP contribution in [0.5, 0.6) is 0 Å². The molecule has 0 saturated carbocycles. The maximum atomic E-state index is 4.01. The minimum Gasteiger partial charge on any atom is -0.313 e. The first-order chi connectivity index (χ1) is 8.72. The van der Waals surface area contributed by atoms with E-state index >= 15 is 0 Å². The molecule has 1 aromatic carbocycles. The third-order valence-corrected chi connectivity index (χ3v) is 3.00. The second-order valence-electron chi connectivity index (χ2n) is 4.58. The molecule has 0 saturated heterocycles. The minimum absolute atomic E-state index is 0.884. The average molecular weight is 244 g/mol. The van der Waals surface area contributed by atoms with E-state index < -0.39 is 0 Å². The van der Waals surface area contributed by atoms with E-state index in [1.807, 2.05) is 17.9 Å². The highest BCUT2D eigenvalue weighted by Crippen LogP contribution is 2.23. The Kier molecular flexibility index (Phi) is 4.10.